The molecule has 0 saturated heterocycles. The molecule has 0 saturated carbocycles. The molecule has 0 fully saturated rings. The van der Waals surface area contributed by atoms with Gasteiger partial charge in [0.05, 0.1) is 0 Å². The van der Waals surface area contributed by atoms with Crippen molar-refractivity contribution in [2.75, 3.05) is 0 Å². The monoisotopic (exact) mass is 260 g/mol. The van der Waals surface area contributed by atoms with Crippen LogP contribution in [0.1, 0.15) is 19.4 Å². The Balaban J connectivity index is 2.69. The van der Waals surface area contributed by atoms with Gasteiger partial charge in [0.1, 0.15) is 0 Å². The van der Waals surface area contributed by atoms with Crippen molar-refractivity contribution in [2.45, 2.75) is 25.1 Å². The minimum Gasteiger partial charge on any atom is -0.0884 e. The van der Waals surface area contributed by atoms with Crippen molar-refractivity contribution in [1.82, 2.24) is 0 Å². The van der Waals surface area contributed by atoms with Gasteiger partial charge >= 0.3 is 0 Å². The number of halogens is 2. The molecule has 1 aromatic carbocycles. The first kappa shape index (κ1) is 11.1. The lowest BCUT2D eigenvalue weighted by atomic mass is 10.0. The zero-order valence-corrected chi connectivity index (χ0v) is 10.3. The van der Waals surface area contributed by atoms with E-state index in [0.29, 0.717) is 10.7 Å². The average Bonchev–Trinajstić information content (AvgIpc) is 2.08. The highest BCUT2D eigenvalue weighted by atomic mass is 79.9. The van der Waals surface area contributed by atoms with E-state index in [-0.39, 0.29) is 0 Å². The molecule has 0 bridgehead atoms. The van der Waals surface area contributed by atoms with Gasteiger partial charge in [-0.05, 0) is 24.0 Å². The summed E-state index contributed by atoms with van der Waals surface area (Å²) in [4.78, 5) is 0.507. The van der Waals surface area contributed by atoms with E-state index in [1.54, 1.807) is 0 Å². The lowest BCUT2D eigenvalue weighted by molar-refractivity contribution is 0.613. The molecule has 72 valence electrons. The number of alkyl halides is 1. The molecular formula is C11H14BrCl. The summed E-state index contributed by atoms with van der Waals surface area (Å²) >= 11 is 9.71. The second kappa shape index (κ2) is 5.02. The molecule has 0 nitrogen and oxygen atoms in total. The third-order valence-corrected chi connectivity index (χ3v) is 3.85. The summed E-state index contributed by atoms with van der Waals surface area (Å²) in [5.41, 5.74) is 1.22. The maximum atomic E-state index is 6.05. The lowest BCUT2D eigenvalue weighted by Crippen LogP contribution is -2.10. The summed E-state index contributed by atoms with van der Waals surface area (Å²) in [5, 5.41) is 0.868. The Morgan fingerprint density at radius 3 is 2.46 bits per heavy atom. The Morgan fingerprint density at radius 1 is 1.31 bits per heavy atom. The Morgan fingerprint density at radius 2 is 1.92 bits per heavy atom. The molecule has 0 radical (unpaired) electrons. The van der Waals surface area contributed by atoms with Crippen molar-refractivity contribution in [3.05, 3.63) is 34.9 Å². The van der Waals surface area contributed by atoms with E-state index < -0.39 is 0 Å². The van der Waals surface area contributed by atoms with E-state index in [0.717, 1.165) is 11.4 Å². The van der Waals surface area contributed by atoms with Crippen molar-refractivity contribution in [1.29, 1.82) is 0 Å². The van der Waals surface area contributed by atoms with Gasteiger partial charge in [0.15, 0.2) is 0 Å². The van der Waals surface area contributed by atoms with Crippen LogP contribution >= 0.6 is 27.5 Å². The van der Waals surface area contributed by atoms with Crippen LogP contribution in [0.5, 0.6) is 0 Å². The zero-order valence-electron chi connectivity index (χ0n) is 7.93. The summed E-state index contributed by atoms with van der Waals surface area (Å²) in [6, 6.07) is 8.02. The SMILES string of the molecule is CC(C)C(Br)Cc1ccccc1Cl. The maximum absolute atomic E-state index is 6.05. The highest BCUT2D eigenvalue weighted by Gasteiger charge is 2.11. The van der Waals surface area contributed by atoms with Crippen molar-refractivity contribution >= 4 is 27.5 Å². The Labute approximate surface area is 93.4 Å². The van der Waals surface area contributed by atoms with E-state index in [2.05, 4.69) is 35.8 Å². The predicted molar refractivity (Wildman–Crippen MR) is 62.7 cm³/mol. The molecule has 13 heavy (non-hydrogen) atoms. The number of benzene rings is 1. The second-order valence-corrected chi connectivity index (χ2v) is 5.14. The Kier molecular flexibility index (Phi) is 4.27. The summed E-state index contributed by atoms with van der Waals surface area (Å²) in [7, 11) is 0. The van der Waals surface area contributed by atoms with Crippen LogP contribution in [-0.2, 0) is 6.42 Å². The standard InChI is InChI=1S/C11H14BrCl/c1-8(2)10(12)7-9-5-3-4-6-11(9)13/h3-6,8,10H,7H2,1-2H3. The molecule has 0 spiro atoms. The summed E-state index contributed by atoms with van der Waals surface area (Å²) < 4.78 is 0. The predicted octanol–water partition coefficient (Wildman–Crippen LogP) is 4.30. The fourth-order valence-electron chi connectivity index (χ4n) is 1.11. The summed E-state index contributed by atoms with van der Waals surface area (Å²) in [6.45, 7) is 4.41. The van der Waals surface area contributed by atoms with Gasteiger partial charge in [-0.25, -0.2) is 0 Å². The Bertz CT molecular complexity index is 271. The molecule has 1 unspecified atom stereocenters. The van der Waals surface area contributed by atoms with Gasteiger partial charge in [-0.3, -0.25) is 0 Å². The molecule has 1 rings (SSSR count). The molecular weight excluding hydrogens is 247 g/mol. The smallest absolute Gasteiger partial charge is 0.0438 e. The maximum Gasteiger partial charge on any atom is 0.0438 e. The third-order valence-electron chi connectivity index (χ3n) is 2.10. The molecule has 2 heteroatoms. The van der Waals surface area contributed by atoms with Crippen LogP contribution < -0.4 is 0 Å². The largest absolute Gasteiger partial charge is 0.0884 e. The van der Waals surface area contributed by atoms with Crippen LogP contribution in [0, 0.1) is 5.92 Å². The summed E-state index contributed by atoms with van der Waals surface area (Å²) in [5.74, 6) is 0.635. The minimum atomic E-state index is 0.507. The number of rotatable bonds is 3. The van der Waals surface area contributed by atoms with Crippen molar-refractivity contribution < 1.29 is 0 Å². The molecule has 0 aliphatic carbocycles. The van der Waals surface area contributed by atoms with E-state index in [1.165, 1.54) is 5.56 Å². The van der Waals surface area contributed by atoms with Gasteiger partial charge in [-0.15, -0.1) is 0 Å². The molecule has 0 aliphatic heterocycles. The topological polar surface area (TPSA) is 0 Å². The molecule has 0 heterocycles. The van der Waals surface area contributed by atoms with E-state index >= 15 is 0 Å². The van der Waals surface area contributed by atoms with Gasteiger partial charge < -0.3 is 0 Å². The fraction of sp³-hybridized carbons (Fsp3) is 0.455. The molecule has 0 aliphatic rings. The van der Waals surface area contributed by atoms with Crippen molar-refractivity contribution in [2.24, 2.45) is 5.92 Å². The second-order valence-electron chi connectivity index (χ2n) is 3.56. The van der Waals surface area contributed by atoms with Gasteiger partial charge in [0, 0.05) is 9.85 Å². The number of hydrogen-bond acceptors (Lipinski definition) is 0. The third kappa shape index (κ3) is 3.32. The quantitative estimate of drug-likeness (QED) is 0.712. The van der Waals surface area contributed by atoms with Crippen LogP contribution in [0.3, 0.4) is 0 Å². The fourth-order valence-corrected chi connectivity index (χ4v) is 1.67. The van der Waals surface area contributed by atoms with Crippen LogP contribution in [0.2, 0.25) is 5.02 Å². The molecule has 0 amide bonds. The average molecular weight is 262 g/mol. The summed E-state index contributed by atoms with van der Waals surface area (Å²) in [6.07, 6.45) is 0.997. The molecule has 0 aromatic heterocycles. The van der Waals surface area contributed by atoms with Gasteiger partial charge in [0.25, 0.3) is 0 Å². The van der Waals surface area contributed by atoms with Gasteiger partial charge in [0.2, 0.25) is 0 Å². The molecule has 0 N–H and O–H groups in total. The van der Waals surface area contributed by atoms with Crippen LogP contribution in [-0.4, -0.2) is 4.83 Å². The van der Waals surface area contributed by atoms with E-state index in [9.17, 15) is 0 Å². The Hall–Kier alpha value is -0.0100. The van der Waals surface area contributed by atoms with Crippen molar-refractivity contribution in [3.8, 4) is 0 Å². The first-order chi connectivity index (χ1) is 6.11. The lowest BCUT2D eigenvalue weighted by Gasteiger charge is -2.14. The van der Waals surface area contributed by atoms with Crippen molar-refractivity contribution in [3.63, 3.8) is 0 Å². The first-order valence-electron chi connectivity index (χ1n) is 4.48. The molecule has 1 aromatic rings. The minimum absolute atomic E-state index is 0.507. The van der Waals surface area contributed by atoms with Crippen LogP contribution in [0.25, 0.3) is 0 Å². The first-order valence-corrected chi connectivity index (χ1v) is 5.78. The van der Waals surface area contributed by atoms with Gasteiger partial charge in [-0.1, -0.05) is 59.6 Å². The van der Waals surface area contributed by atoms with E-state index in [4.69, 9.17) is 11.6 Å². The highest BCUT2D eigenvalue weighted by Crippen LogP contribution is 2.22. The molecule has 1 atom stereocenters. The van der Waals surface area contributed by atoms with Crippen LogP contribution in [0.4, 0.5) is 0 Å². The highest BCUT2D eigenvalue weighted by molar-refractivity contribution is 9.09. The van der Waals surface area contributed by atoms with Gasteiger partial charge in [-0.2, -0.15) is 0 Å². The normalized spacial score (nSPS) is 13.3. The zero-order chi connectivity index (χ0) is 9.84. The number of hydrogen-bond donors (Lipinski definition) is 0. The van der Waals surface area contributed by atoms with E-state index in [1.807, 2.05) is 18.2 Å². The van der Waals surface area contributed by atoms with Crippen LogP contribution in [0.15, 0.2) is 24.3 Å².